The van der Waals surface area contributed by atoms with Crippen LogP contribution >= 0.6 is 22.6 Å². The Bertz CT molecular complexity index is 653. The molecule has 19 heavy (non-hydrogen) atoms. The minimum atomic E-state index is -1.11. The highest BCUT2D eigenvalue weighted by atomic mass is 127. The van der Waals surface area contributed by atoms with Gasteiger partial charge in [0.2, 0.25) is 5.82 Å². The van der Waals surface area contributed by atoms with Gasteiger partial charge in [0, 0.05) is 3.57 Å². The fourth-order valence-electron chi connectivity index (χ4n) is 1.42. The predicted molar refractivity (Wildman–Crippen MR) is 75.2 cm³/mol. The summed E-state index contributed by atoms with van der Waals surface area (Å²) >= 11 is 2.00. The number of anilines is 1. The summed E-state index contributed by atoms with van der Waals surface area (Å²) in [5, 5.41) is 17.8. The van der Waals surface area contributed by atoms with Crippen LogP contribution in [0, 0.1) is 10.5 Å². The normalized spacial score (nSPS) is 10.2. The third-order valence-corrected chi connectivity index (χ3v) is 2.93. The minimum Gasteiger partial charge on any atom is -0.478 e. The number of carbonyl (C=O) groups excluding carboxylic acids is 1. The summed E-state index contributed by atoms with van der Waals surface area (Å²) in [5.41, 5.74) is 0.230. The number of nitrogens with zero attached hydrogens (tertiary/aromatic N) is 2. The van der Waals surface area contributed by atoms with Crippen molar-refractivity contribution in [1.82, 2.24) is 15.2 Å². The van der Waals surface area contributed by atoms with Crippen LogP contribution in [-0.2, 0) is 0 Å². The number of aromatic nitrogens is 3. The van der Waals surface area contributed by atoms with E-state index in [4.69, 9.17) is 5.11 Å². The van der Waals surface area contributed by atoms with Gasteiger partial charge >= 0.3 is 5.97 Å². The monoisotopic (exact) mass is 372 g/mol. The lowest BCUT2D eigenvalue weighted by Gasteiger charge is -2.07. The van der Waals surface area contributed by atoms with Crippen molar-refractivity contribution in [3.63, 3.8) is 0 Å². The Morgan fingerprint density at radius 3 is 2.74 bits per heavy atom. The first-order valence-electron chi connectivity index (χ1n) is 5.20. The molecule has 3 N–H and O–H groups in total. The van der Waals surface area contributed by atoms with Gasteiger partial charge in [-0.05, 0) is 47.7 Å². The van der Waals surface area contributed by atoms with Gasteiger partial charge < -0.3 is 10.4 Å². The molecule has 2 rings (SSSR count). The highest BCUT2D eigenvalue weighted by molar-refractivity contribution is 14.1. The standard InChI is InChI=1S/C11H9IN4O3/c1-5-13-9(16-15-5)10(17)14-8-3-2-6(12)4-7(8)11(18)19/h2-4H,1H3,(H,14,17)(H,18,19)(H,13,15,16). The second-order valence-electron chi connectivity index (χ2n) is 3.69. The van der Waals surface area contributed by atoms with Gasteiger partial charge in [-0.15, -0.1) is 5.10 Å². The summed E-state index contributed by atoms with van der Waals surface area (Å²) in [6, 6.07) is 4.70. The maximum Gasteiger partial charge on any atom is 0.337 e. The van der Waals surface area contributed by atoms with Gasteiger partial charge in [0.1, 0.15) is 5.82 Å². The highest BCUT2D eigenvalue weighted by Gasteiger charge is 2.16. The van der Waals surface area contributed by atoms with Gasteiger partial charge in [0.15, 0.2) is 0 Å². The molecular weight excluding hydrogens is 363 g/mol. The fourth-order valence-corrected chi connectivity index (χ4v) is 1.92. The van der Waals surface area contributed by atoms with E-state index >= 15 is 0 Å². The number of carboxylic acid groups (broad SMARTS) is 1. The average Bonchev–Trinajstić information content (AvgIpc) is 2.78. The van der Waals surface area contributed by atoms with Crippen molar-refractivity contribution in [3.8, 4) is 0 Å². The number of aromatic carboxylic acids is 1. The maximum absolute atomic E-state index is 11.8. The Kier molecular flexibility index (Phi) is 3.79. The molecule has 0 atom stereocenters. The van der Waals surface area contributed by atoms with E-state index in [2.05, 4.69) is 20.5 Å². The second-order valence-corrected chi connectivity index (χ2v) is 4.94. The molecule has 7 nitrogen and oxygen atoms in total. The van der Waals surface area contributed by atoms with Crippen molar-refractivity contribution in [2.75, 3.05) is 5.32 Å². The topological polar surface area (TPSA) is 108 Å². The molecule has 0 spiro atoms. The lowest BCUT2D eigenvalue weighted by molar-refractivity contribution is 0.0698. The molecule has 0 unspecified atom stereocenters. The van der Waals surface area contributed by atoms with Crippen LogP contribution in [0.2, 0.25) is 0 Å². The fraction of sp³-hybridized carbons (Fsp3) is 0.0909. The zero-order chi connectivity index (χ0) is 14.0. The molecule has 0 aliphatic rings. The largest absolute Gasteiger partial charge is 0.478 e. The first-order valence-corrected chi connectivity index (χ1v) is 6.28. The molecule has 2 aromatic rings. The number of hydrogen-bond donors (Lipinski definition) is 3. The molecule has 0 radical (unpaired) electrons. The van der Waals surface area contributed by atoms with Crippen LogP contribution in [0.1, 0.15) is 26.8 Å². The van der Waals surface area contributed by atoms with Gasteiger partial charge in [-0.1, -0.05) is 0 Å². The van der Waals surface area contributed by atoms with Gasteiger partial charge in [-0.2, -0.15) is 0 Å². The molecule has 0 saturated heterocycles. The number of benzene rings is 1. The summed E-state index contributed by atoms with van der Waals surface area (Å²) in [5.74, 6) is -1.20. The number of halogens is 1. The Balaban J connectivity index is 2.28. The molecule has 0 aliphatic carbocycles. The second kappa shape index (κ2) is 5.34. The Hall–Kier alpha value is -1.97. The molecule has 0 bridgehead atoms. The number of aromatic amines is 1. The van der Waals surface area contributed by atoms with Crippen molar-refractivity contribution >= 4 is 40.2 Å². The van der Waals surface area contributed by atoms with E-state index in [0.717, 1.165) is 3.57 Å². The van der Waals surface area contributed by atoms with Crippen LogP contribution in [0.15, 0.2) is 18.2 Å². The first kappa shape index (κ1) is 13.5. The third-order valence-electron chi connectivity index (χ3n) is 2.26. The minimum absolute atomic E-state index is 0.0208. The van der Waals surface area contributed by atoms with E-state index < -0.39 is 11.9 Å². The molecule has 1 heterocycles. The highest BCUT2D eigenvalue weighted by Crippen LogP contribution is 2.19. The Morgan fingerprint density at radius 1 is 1.42 bits per heavy atom. The van der Waals surface area contributed by atoms with E-state index in [0.29, 0.717) is 5.82 Å². The summed E-state index contributed by atoms with van der Waals surface area (Å²) in [6.45, 7) is 1.66. The van der Waals surface area contributed by atoms with Crippen molar-refractivity contribution in [3.05, 3.63) is 39.0 Å². The van der Waals surface area contributed by atoms with E-state index in [-0.39, 0.29) is 17.1 Å². The van der Waals surface area contributed by atoms with E-state index in [1.807, 2.05) is 22.6 Å². The molecule has 0 aliphatic heterocycles. The van der Waals surface area contributed by atoms with Crippen LogP contribution < -0.4 is 5.32 Å². The molecule has 0 fully saturated rings. The van der Waals surface area contributed by atoms with E-state index in [1.54, 1.807) is 13.0 Å². The summed E-state index contributed by atoms with van der Waals surface area (Å²) in [7, 11) is 0. The molecule has 1 amide bonds. The van der Waals surface area contributed by atoms with Crippen molar-refractivity contribution in [1.29, 1.82) is 0 Å². The third kappa shape index (κ3) is 3.08. The van der Waals surface area contributed by atoms with Gasteiger partial charge in [-0.3, -0.25) is 9.89 Å². The predicted octanol–water partition coefficient (Wildman–Crippen LogP) is 1.67. The number of amides is 1. The average molecular weight is 372 g/mol. The van der Waals surface area contributed by atoms with Crippen LogP contribution in [-0.4, -0.2) is 32.2 Å². The van der Waals surface area contributed by atoms with Gasteiger partial charge in [0.05, 0.1) is 11.3 Å². The lowest BCUT2D eigenvalue weighted by atomic mass is 10.2. The van der Waals surface area contributed by atoms with Gasteiger partial charge in [0.25, 0.3) is 5.91 Å². The van der Waals surface area contributed by atoms with Crippen LogP contribution in [0.4, 0.5) is 5.69 Å². The lowest BCUT2D eigenvalue weighted by Crippen LogP contribution is -2.16. The van der Waals surface area contributed by atoms with Crippen LogP contribution in [0.3, 0.4) is 0 Å². The van der Waals surface area contributed by atoms with Crippen molar-refractivity contribution in [2.45, 2.75) is 6.92 Å². The van der Waals surface area contributed by atoms with E-state index in [1.165, 1.54) is 12.1 Å². The Labute approximate surface area is 121 Å². The van der Waals surface area contributed by atoms with Crippen LogP contribution in [0.25, 0.3) is 0 Å². The Morgan fingerprint density at radius 2 is 2.16 bits per heavy atom. The number of carbonyl (C=O) groups is 2. The van der Waals surface area contributed by atoms with Crippen molar-refractivity contribution < 1.29 is 14.7 Å². The number of aryl methyl sites for hydroxylation is 1. The van der Waals surface area contributed by atoms with Crippen molar-refractivity contribution in [2.24, 2.45) is 0 Å². The molecule has 8 heteroatoms. The number of carboxylic acids is 1. The zero-order valence-corrected chi connectivity index (χ0v) is 11.9. The first-order chi connectivity index (χ1) is 8.97. The number of hydrogen-bond acceptors (Lipinski definition) is 4. The zero-order valence-electron chi connectivity index (χ0n) is 9.77. The molecular formula is C11H9IN4O3. The number of H-pyrrole nitrogens is 1. The van der Waals surface area contributed by atoms with Crippen LogP contribution in [0.5, 0.6) is 0 Å². The maximum atomic E-state index is 11.8. The molecule has 0 saturated carbocycles. The smallest absolute Gasteiger partial charge is 0.337 e. The number of rotatable bonds is 3. The van der Waals surface area contributed by atoms with Gasteiger partial charge in [-0.25, -0.2) is 9.78 Å². The SMILES string of the molecule is Cc1nc(C(=O)Nc2ccc(I)cc2C(=O)O)n[nH]1. The quantitative estimate of drug-likeness (QED) is 0.711. The van der Waals surface area contributed by atoms with E-state index in [9.17, 15) is 9.59 Å². The molecule has 1 aromatic heterocycles. The summed E-state index contributed by atoms with van der Waals surface area (Å²) < 4.78 is 0.765. The summed E-state index contributed by atoms with van der Waals surface area (Å²) in [6.07, 6.45) is 0. The summed E-state index contributed by atoms with van der Waals surface area (Å²) in [4.78, 5) is 26.8. The number of nitrogens with one attached hydrogen (secondary N) is 2. The molecule has 1 aromatic carbocycles. The molecule has 98 valence electrons.